The lowest BCUT2D eigenvalue weighted by Crippen LogP contribution is -2.31. The Labute approximate surface area is 113 Å². The third-order valence-electron chi connectivity index (χ3n) is 5.58. The average Bonchev–Trinajstić information content (AvgIpc) is 3.25. The molecule has 2 atom stereocenters. The molecule has 2 heterocycles. The second-order valence-corrected chi connectivity index (χ2v) is 6.72. The summed E-state index contributed by atoms with van der Waals surface area (Å²) in [4.78, 5) is 10.8. The van der Waals surface area contributed by atoms with Gasteiger partial charge in [0, 0.05) is 18.8 Å². The number of carbonyl (C=O) groups is 1. The van der Waals surface area contributed by atoms with Crippen molar-refractivity contribution in [1.82, 2.24) is 0 Å². The molecule has 0 aromatic heterocycles. The predicted octanol–water partition coefficient (Wildman–Crippen LogP) is 2.75. The molecule has 2 aliphatic carbocycles. The van der Waals surface area contributed by atoms with Crippen LogP contribution in [0.5, 0.6) is 0 Å². The third-order valence-corrected chi connectivity index (χ3v) is 5.58. The topological polar surface area (TPSA) is 51.4 Å². The Kier molecular flexibility index (Phi) is 2.68. The van der Waals surface area contributed by atoms with E-state index in [1.807, 2.05) is 0 Å². The van der Waals surface area contributed by atoms with Gasteiger partial charge in [0.05, 0.1) is 0 Å². The second-order valence-electron chi connectivity index (χ2n) is 6.72. The van der Waals surface area contributed by atoms with Crippen molar-refractivity contribution in [3.8, 4) is 0 Å². The lowest BCUT2D eigenvalue weighted by molar-refractivity contribution is -0.139. The van der Waals surface area contributed by atoms with Crippen molar-refractivity contribution in [3.63, 3.8) is 0 Å². The van der Waals surface area contributed by atoms with E-state index in [0.717, 1.165) is 31.6 Å². The zero-order valence-corrected chi connectivity index (χ0v) is 11.3. The zero-order valence-electron chi connectivity index (χ0n) is 11.3. The highest BCUT2D eigenvalue weighted by Crippen LogP contribution is 2.75. The summed E-state index contributed by atoms with van der Waals surface area (Å²) < 4.78 is 16.7. The summed E-state index contributed by atoms with van der Waals surface area (Å²) in [6.45, 7) is 0.633. The van der Waals surface area contributed by atoms with Crippen molar-refractivity contribution in [2.24, 2.45) is 11.8 Å². The minimum Gasteiger partial charge on any atom is -0.464 e. The Hall–Kier alpha value is -0.610. The van der Waals surface area contributed by atoms with E-state index in [1.165, 1.54) is 32.1 Å². The second kappa shape index (κ2) is 4.19. The average molecular weight is 266 g/mol. The van der Waals surface area contributed by atoms with Crippen LogP contribution in [0.4, 0.5) is 0 Å². The monoisotopic (exact) mass is 266 g/mol. The van der Waals surface area contributed by atoms with Crippen LogP contribution in [-0.4, -0.2) is 24.2 Å². The molecule has 4 nitrogen and oxygen atoms in total. The highest BCUT2D eigenvalue weighted by Gasteiger charge is 2.91. The van der Waals surface area contributed by atoms with Crippen molar-refractivity contribution in [1.29, 1.82) is 0 Å². The van der Waals surface area contributed by atoms with Gasteiger partial charge in [-0.25, -0.2) is 0 Å². The van der Waals surface area contributed by atoms with Crippen LogP contribution in [0.1, 0.15) is 57.8 Å². The molecule has 0 bridgehead atoms. The zero-order chi connectivity index (χ0) is 12.9. The number of carbonyl (C=O) groups excluding carboxylic acids is 1. The molecule has 0 spiro atoms. The summed E-state index contributed by atoms with van der Waals surface area (Å²) in [5.41, 5.74) is 0. The van der Waals surface area contributed by atoms with Crippen molar-refractivity contribution >= 4 is 6.47 Å². The summed E-state index contributed by atoms with van der Waals surface area (Å²) in [6.07, 6.45) is 10.7. The van der Waals surface area contributed by atoms with Crippen LogP contribution >= 0.6 is 0 Å². The molecule has 4 heteroatoms. The minimum absolute atomic E-state index is 0.0707. The molecule has 4 aliphatic rings. The maximum atomic E-state index is 10.8. The molecule has 19 heavy (non-hydrogen) atoms. The van der Waals surface area contributed by atoms with Gasteiger partial charge in [-0.2, -0.15) is 0 Å². The SMILES string of the molecule is O=COC(CC1CCCCC1)C1CCC23OC2(C1)O3. The van der Waals surface area contributed by atoms with E-state index in [2.05, 4.69) is 0 Å². The van der Waals surface area contributed by atoms with Crippen LogP contribution < -0.4 is 0 Å². The number of epoxide rings is 2. The molecule has 0 aromatic carbocycles. The number of hydrogen-bond donors (Lipinski definition) is 0. The van der Waals surface area contributed by atoms with E-state index >= 15 is 0 Å². The predicted molar refractivity (Wildman–Crippen MR) is 67.1 cm³/mol. The molecule has 0 radical (unpaired) electrons. The molecule has 0 N–H and O–H groups in total. The van der Waals surface area contributed by atoms with E-state index in [-0.39, 0.29) is 17.7 Å². The van der Waals surface area contributed by atoms with Gasteiger partial charge in [0.15, 0.2) is 0 Å². The quantitative estimate of drug-likeness (QED) is 0.567. The normalized spacial score (nSPS) is 45.8. The summed E-state index contributed by atoms with van der Waals surface area (Å²) in [6, 6.07) is 0. The molecule has 2 saturated heterocycles. The van der Waals surface area contributed by atoms with Crippen LogP contribution in [0.2, 0.25) is 0 Å². The Balaban J connectivity index is 1.38. The smallest absolute Gasteiger partial charge is 0.293 e. The largest absolute Gasteiger partial charge is 0.464 e. The van der Waals surface area contributed by atoms with E-state index in [0.29, 0.717) is 12.4 Å². The lowest BCUT2D eigenvalue weighted by atomic mass is 9.78. The molecule has 2 saturated carbocycles. The Morgan fingerprint density at radius 2 is 1.95 bits per heavy atom. The fourth-order valence-electron chi connectivity index (χ4n) is 4.34. The van der Waals surface area contributed by atoms with E-state index in [4.69, 9.17) is 14.2 Å². The maximum Gasteiger partial charge on any atom is 0.293 e. The van der Waals surface area contributed by atoms with Gasteiger partial charge in [-0.05, 0) is 18.8 Å². The third kappa shape index (κ3) is 1.91. The molecule has 2 aliphatic heterocycles. The molecule has 4 rings (SSSR count). The van der Waals surface area contributed by atoms with Crippen molar-refractivity contribution < 1.29 is 19.0 Å². The number of hydrogen-bond acceptors (Lipinski definition) is 4. The standard InChI is InChI=1S/C15H22O4/c16-10-17-13(8-11-4-2-1-3-5-11)12-6-7-14-15(9-12,18-14)19-14/h10-13H,1-9H2. The van der Waals surface area contributed by atoms with Gasteiger partial charge in [0.25, 0.3) is 6.47 Å². The van der Waals surface area contributed by atoms with Crippen LogP contribution in [0.3, 0.4) is 0 Å². The van der Waals surface area contributed by atoms with Crippen LogP contribution in [0.15, 0.2) is 0 Å². The van der Waals surface area contributed by atoms with E-state index < -0.39 is 0 Å². The fourth-order valence-corrected chi connectivity index (χ4v) is 4.34. The van der Waals surface area contributed by atoms with Gasteiger partial charge in [-0.15, -0.1) is 0 Å². The van der Waals surface area contributed by atoms with Gasteiger partial charge in [0.1, 0.15) is 6.10 Å². The Morgan fingerprint density at radius 3 is 2.63 bits per heavy atom. The first kappa shape index (κ1) is 12.2. The van der Waals surface area contributed by atoms with Crippen LogP contribution in [0.25, 0.3) is 0 Å². The number of ether oxygens (including phenoxy) is 3. The van der Waals surface area contributed by atoms with Crippen molar-refractivity contribution in [2.75, 3.05) is 0 Å². The molecule has 106 valence electrons. The first-order valence-corrected chi connectivity index (χ1v) is 7.76. The Morgan fingerprint density at radius 1 is 1.16 bits per heavy atom. The minimum atomic E-state index is -0.257. The molecule has 2 unspecified atom stereocenters. The molecule has 0 aromatic rings. The van der Waals surface area contributed by atoms with Gasteiger partial charge in [-0.3, -0.25) is 4.79 Å². The highest BCUT2D eigenvalue weighted by molar-refractivity contribution is 5.37. The molecule has 4 fully saturated rings. The summed E-state index contributed by atoms with van der Waals surface area (Å²) in [5, 5.41) is 0. The first-order valence-electron chi connectivity index (χ1n) is 7.76. The summed E-state index contributed by atoms with van der Waals surface area (Å²) >= 11 is 0. The highest BCUT2D eigenvalue weighted by atomic mass is 17.0. The number of rotatable bonds is 5. The van der Waals surface area contributed by atoms with Gasteiger partial charge in [0.2, 0.25) is 11.6 Å². The van der Waals surface area contributed by atoms with Crippen molar-refractivity contribution in [3.05, 3.63) is 0 Å². The van der Waals surface area contributed by atoms with E-state index in [1.54, 1.807) is 0 Å². The summed E-state index contributed by atoms with van der Waals surface area (Å²) in [7, 11) is 0. The van der Waals surface area contributed by atoms with Gasteiger partial charge in [-0.1, -0.05) is 32.1 Å². The Bertz CT molecular complexity index is 368. The van der Waals surface area contributed by atoms with Crippen LogP contribution in [-0.2, 0) is 19.0 Å². The fraction of sp³-hybridized carbons (Fsp3) is 0.933. The van der Waals surface area contributed by atoms with Crippen molar-refractivity contribution in [2.45, 2.75) is 75.5 Å². The summed E-state index contributed by atoms with van der Waals surface area (Å²) in [5.74, 6) is 0.709. The van der Waals surface area contributed by atoms with Gasteiger partial charge >= 0.3 is 0 Å². The maximum absolute atomic E-state index is 10.8. The van der Waals surface area contributed by atoms with Gasteiger partial charge < -0.3 is 14.2 Å². The van der Waals surface area contributed by atoms with Crippen LogP contribution in [0, 0.1) is 11.8 Å². The molecular formula is C15H22O4. The van der Waals surface area contributed by atoms with E-state index in [9.17, 15) is 4.79 Å². The lowest BCUT2D eigenvalue weighted by Gasteiger charge is -2.30. The molecular weight excluding hydrogens is 244 g/mol. The first-order chi connectivity index (χ1) is 9.27. The molecule has 0 amide bonds.